The molecule has 2 rings (SSSR count). The van der Waals surface area contributed by atoms with Crippen LogP contribution in [0.4, 0.5) is 10.1 Å². The minimum absolute atomic E-state index is 0.240. The number of anilines is 1. The molecule has 0 aliphatic heterocycles. The summed E-state index contributed by atoms with van der Waals surface area (Å²) in [6.45, 7) is 3.54. The Labute approximate surface area is 129 Å². The number of nitrogens with zero attached hydrogens (tertiary/aromatic N) is 1. The molecule has 112 valence electrons. The molecule has 0 radical (unpaired) electrons. The van der Waals surface area contributed by atoms with Crippen molar-refractivity contribution in [1.82, 2.24) is 0 Å². The summed E-state index contributed by atoms with van der Waals surface area (Å²) >= 11 is 5.84. The average Bonchev–Trinajstić information content (AvgIpc) is 2.50. The Morgan fingerprint density at radius 3 is 2.29 bits per heavy atom. The van der Waals surface area contributed by atoms with Gasteiger partial charge in [0.1, 0.15) is 5.82 Å². The van der Waals surface area contributed by atoms with Crippen LogP contribution in [0.15, 0.2) is 48.5 Å². The summed E-state index contributed by atoms with van der Waals surface area (Å²) in [4.78, 5) is 2.11. The standard InChI is InChI=1S/C17H19ClFNO/c1-2-20(16-9-7-15(19)8-10-16)12-11-17(21)13-3-5-14(18)6-4-13/h3-10,17,21H,2,11-12H2,1H3. The van der Waals surface area contributed by atoms with Crippen molar-refractivity contribution in [3.8, 4) is 0 Å². The molecule has 0 saturated heterocycles. The van der Waals surface area contributed by atoms with Crippen LogP contribution in [-0.4, -0.2) is 18.2 Å². The van der Waals surface area contributed by atoms with Crippen molar-refractivity contribution in [3.63, 3.8) is 0 Å². The van der Waals surface area contributed by atoms with Crippen LogP contribution in [0.5, 0.6) is 0 Å². The molecule has 21 heavy (non-hydrogen) atoms. The van der Waals surface area contributed by atoms with E-state index in [0.717, 1.165) is 17.8 Å². The van der Waals surface area contributed by atoms with Crippen molar-refractivity contribution < 1.29 is 9.50 Å². The SMILES string of the molecule is CCN(CCC(O)c1ccc(Cl)cc1)c1ccc(F)cc1. The monoisotopic (exact) mass is 307 g/mol. The van der Waals surface area contributed by atoms with Crippen LogP contribution in [0.3, 0.4) is 0 Å². The fraction of sp³-hybridized carbons (Fsp3) is 0.294. The fourth-order valence-corrected chi connectivity index (χ4v) is 2.38. The maximum atomic E-state index is 13.0. The highest BCUT2D eigenvalue weighted by molar-refractivity contribution is 6.30. The van der Waals surface area contributed by atoms with E-state index in [0.29, 0.717) is 18.0 Å². The number of rotatable bonds is 6. The Kier molecular flexibility index (Phi) is 5.59. The summed E-state index contributed by atoms with van der Waals surface area (Å²) < 4.78 is 13.0. The highest BCUT2D eigenvalue weighted by Gasteiger charge is 2.11. The van der Waals surface area contributed by atoms with Crippen LogP contribution in [-0.2, 0) is 0 Å². The molecule has 0 heterocycles. The first-order chi connectivity index (χ1) is 10.1. The second kappa shape index (κ2) is 7.43. The summed E-state index contributed by atoms with van der Waals surface area (Å²) in [6.07, 6.45) is 0.0732. The first-order valence-electron chi connectivity index (χ1n) is 7.04. The van der Waals surface area contributed by atoms with Gasteiger partial charge in [0.15, 0.2) is 0 Å². The van der Waals surface area contributed by atoms with Gasteiger partial charge in [0.25, 0.3) is 0 Å². The highest BCUT2D eigenvalue weighted by atomic mass is 35.5. The lowest BCUT2D eigenvalue weighted by Crippen LogP contribution is -2.25. The van der Waals surface area contributed by atoms with Gasteiger partial charge in [-0.1, -0.05) is 23.7 Å². The molecule has 4 heteroatoms. The van der Waals surface area contributed by atoms with Crippen molar-refractivity contribution in [1.29, 1.82) is 0 Å². The largest absolute Gasteiger partial charge is 0.388 e. The molecule has 1 atom stereocenters. The topological polar surface area (TPSA) is 23.5 Å². The minimum atomic E-state index is -0.531. The van der Waals surface area contributed by atoms with Crippen LogP contribution in [0.25, 0.3) is 0 Å². The summed E-state index contributed by atoms with van der Waals surface area (Å²) in [5.74, 6) is -0.240. The molecular formula is C17H19ClFNO. The summed E-state index contributed by atoms with van der Waals surface area (Å²) in [5.41, 5.74) is 1.82. The number of aliphatic hydroxyl groups excluding tert-OH is 1. The van der Waals surface area contributed by atoms with Crippen LogP contribution < -0.4 is 4.90 Å². The molecule has 2 aromatic rings. The van der Waals surface area contributed by atoms with E-state index in [1.165, 1.54) is 12.1 Å². The predicted octanol–water partition coefficient (Wildman–Crippen LogP) is 4.43. The Morgan fingerprint density at radius 2 is 1.71 bits per heavy atom. The molecule has 1 N–H and O–H groups in total. The van der Waals surface area contributed by atoms with Gasteiger partial charge in [-0.05, 0) is 55.3 Å². The third-order valence-electron chi connectivity index (χ3n) is 3.50. The van der Waals surface area contributed by atoms with Crippen molar-refractivity contribution in [2.75, 3.05) is 18.0 Å². The molecule has 0 amide bonds. The smallest absolute Gasteiger partial charge is 0.123 e. The van der Waals surface area contributed by atoms with E-state index in [9.17, 15) is 9.50 Å². The lowest BCUT2D eigenvalue weighted by Gasteiger charge is -2.24. The van der Waals surface area contributed by atoms with Gasteiger partial charge in [0.2, 0.25) is 0 Å². The van der Waals surface area contributed by atoms with Crippen molar-refractivity contribution >= 4 is 17.3 Å². The molecule has 1 unspecified atom stereocenters. The molecule has 2 aromatic carbocycles. The van der Waals surface area contributed by atoms with E-state index < -0.39 is 6.10 Å². The van der Waals surface area contributed by atoms with E-state index in [2.05, 4.69) is 4.90 Å². The van der Waals surface area contributed by atoms with Gasteiger partial charge in [-0.15, -0.1) is 0 Å². The lowest BCUT2D eigenvalue weighted by atomic mass is 10.1. The molecule has 2 nitrogen and oxygen atoms in total. The maximum absolute atomic E-state index is 13.0. The predicted molar refractivity (Wildman–Crippen MR) is 85.3 cm³/mol. The Hall–Kier alpha value is -1.58. The molecular weight excluding hydrogens is 289 g/mol. The van der Waals surface area contributed by atoms with Gasteiger partial charge in [-0.2, -0.15) is 0 Å². The van der Waals surface area contributed by atoms with E-state index >= 15 is 0 Å². The number of hydrogen-bond acceptors (Lipinski definition) is 2. The molecule has 0 aliphatic rings. The van der Waals surface area contributed by atoms with Gasteiger partial charge in [0.05, 0.1) is 6.10 Å². The summed E-state index contributed by atoms with van der Waals surface area (Å²) in [6, 6.07) is 13.6. The van der Waals surface area contributed by atoms with Gasteiger partial charge in [0, 0.05) is 23.8 Å². The van der Waals surface area contributed by atoms with Gasteiger partial charge in [-0.3, -0.25) is 0 Å². The van der Waals surface area contributed by atoms with Crippen molar-refractivity contribution in [2.45, 2.75) is 19.4 Å². The van der Waals surface area contributed by atoms with Gasteiger partial charge < -0.3 is 10.0 Å². The average molecular weight is 308 g/mol. The maximum Gasteiger partial charge on any atom is 0.123 e. The molecule has 0 saturated carbocycles. The van der Waals surface area contributed by atoms with Crippen molar-refractivity contribution in [2.24, 2.45) is 0 Å². The summed E-state index contributed by atoms with van der Waals surface area (Å²) in [7, 11) is 0. The lowest BCUT2D eigenvalue weighted by molar-refractivity contribution is 0.169. The number of halogens is 2. The second-order valence-electron chi connectivity index (χ2n) is 4.91. The molecule has 0 fully saturated rings. The number of aliphatic hydroxyl groups is 1. The first kappa shape index (κ1) is 15.8. The number of hydrogen-bond donors (Lipinski definition) is 1. The Bertz CT molecular complexity index is 556. The van der Waals surface area contributed by atoms with E-state index in [4.69, 9.17) is 11.6 Å². The molecule has 0 spiro atoms. The molecule has 0 bridgehead atoms. The van der Waals surface area contributed by atoms with Crippen LogP contribution in [0, 0.1) is 5.82 Å². The fourth-order valence-electron chi connectivity index (χ4n) is 2.25. The van der Waals surface area contributed by atoms with Crippen LogP contribution in [0.2, 0.25) is 5.02 Å². The van der Waals surface area contributed by atoms with Crippen molar-refractivity contribution in [3.05, 3.63) is 64.9 Å². The first-order valence-corrected chi connectivity index (χ1v) is 7.42. The van der Waals surface area contributed by atoms with E-state index in [-0.39, 0.29) is 5.82 Å². The van der Waals surface area contributed by atoms with Crippen LogP contribution >= 0.6 is 11.6 Å². The quantitative estimate of drug-likeness (QED) is 0.853. The zero-order valence-electron chi connectivity index (χ0n) is 12.0. The zero-order valence-corrected chi connectivity index (χ0v) is 12.7. The molecule has 0 aromatic heterocycles. The van der Waals surface area contributed by atoms with E-state index in [1.54, 1.807) is 24.3 Å². The third-order valence-corrected chi connectivity index (χ3v) is 3.75. The Balaban J connectivity index is 1.96. The van der Waals surface area contributed by atoms with Crippen LogP contribution in [0.1, 0.15) is 25.0 Å². The highest BCUT2D eigenvalue weighted by Crippen LogP contribution is 2.21. The minimum Gasteiger partial charge on any atom is -0.388 e. The van der Waals surface area contributed by atoms with Gasteiger partial charge in [-0.25, -0.2) is 4.39 Å². The summed E-state index contributed by atoms with van der Waals surface area (Å²) in [5, 5.41) is 10.9. The Morgan fingerprint density at radius 1 is 1.10 bits per heavy atom. The second-order valence-corrected chi connectivity index (χ2v) is 5.35. The van der Waals surface area contributed by atoms with Gasteiger partial charge >= 0.3 is 0 Å². The number of benzene rings is 2. The zero-order chi connectivity index (χ0) is 15.2. The normalized spacial score (nSPS) is 12.2. The molecule has 0 aliphatic carbocycles. The van der Waals surface area contributed by atoms with E-state index in [1.807, 2.05) is 19.1 Å². The third kappa shape index (κ3) is 4.45.